The summed E-state index contributed by atoms with van der Waals surface area (Å²) >= 11 is 0. The monoisotopic (exact) mass is 241 g/mol. The normalized spacial score (nSPS) is 11.8. The van der Waals surface area contributed by atoms with E-state index in [1.54, 1.807) is 25.8 Å². The van der Waals surface area contributed by atoms with Crippen LogP contribution < -0.4 is 0 Å². The molecule has 0 aliphatic rings. The highest BCUT2D eigenvalue weighted by atomic mass is 19.1. The first-order valence-electron chi connectivity index (χ1n) is 5.16. The zero-order valence-electron chi connectivity index (χ0n) is 10.1. The molecule has 94 valence electrons. The number of aliphatic carboxylic acids is 1. The van der Waals surface area contributed by atoms with Gasteiger partial charge in [0.25, 0.3) is 0 Å². The van der Waals surface area contributed by atoms with Crippen molar-refractivity contribution in [3.8, 4) is 5.75 Å². The van der Waals surface area contributed by atoms with Gasteiger partial charge in [0.05, 0.1) is 0 Å². The summed E-state index contributed by atoms with van der Waals surface area (Å²) < 4.78 is 13.0. The number of aromatic hydroxyl groups is 1. The van der Waals surface area contributed by atoms with E-state index in [0.717, 1.165) is 6.07 Å². The van der Waals surface area contributed by atoms with E-state index >= 15 is 0 Å². The Kier molecular flexibility index (Phi) is 3.72. The minimum Gasteiger partial charge on any atom is -0.508 e. The quantitative estimate of drug-likeness (QED) is 0.844. The third-order valence-corrected chi connectivity index (χ3v) is 2.84. The van der Waals surface area contributed by atoms with Crippen molar-refractivity contribution in [3.05, 3.63) is 29.6 Å². The molecular weight excluding hydrogens is 225 g/mol. The van der Waals surface area contributed by atoms with Crippen molar-refractivity contribution in [1.82, 2.24) is 4.90 Å². The zero-order valence-corrected chi connectivity index (χ0v) is 10.1. The Labute approximate surface area is 99.3 Å². The van der Waals surface area contributed by atoms with Crippen LogP contribution in [0.5, 0.6) is 5.75 Å². The van der Waals surface area contributed by atoms with Crippen LogP contribution in [-0.2, 0) is 11.3 Å². The van der Waals surface area contributed by atoms with Gasteiger partial charge in [-0.1, -0.05) is 0 Å². The Morgan fingerprint density at radius 2 is 2.00 bits per heavy atom. The van der Waals surface area contributed by atoms with Crippen LogP contribution in [0.4, 0.5) is 4.39 Å². The number of likely N-dealkylation sites (N-methyl/N-ethyl adjacent to an activating group) is 1. The Morgan fingerprint density at radius 3 is 2.47 bits per heavy atom. The average molecular weight is 241 g/mol. The van der Waals surface area contributed by atoms with Crippen molar-refractivity contribution in [3.63, 3.8) is 0 Å². The number of hydrogen-bond donors (Lipinski definition) is 2. The molecule has 0 bridgehead atoms. The van der Waals surface area contributed by atoms with Gasteiger partial charge >= 0.3 is 5.97 Å². The molecule has 17 heavy (non-hydrogen) atoms. The van der Waals surface area contributed by atoms with Crippen LogP contribution in [0.1, 0.15) is 19.4 Å². The largest absolute Gasteiger partial charge is 0.508 e. The lowest BCUT2D eigenvalue weighted by Gasteiger charge is -2.31. The van der Waals surface area contributed by atoms with E-state index in [0.29, 0.717) is 5.56 Å². The van der Waals surface area contributed by atoms with E-state index < -0.39 is 17.3 Å². The summed E-state index contributed by atoms with van der Waals surface area (Å²) in [5.74, 6) is -1.66. The molecule has 0 saturated carbocycles. The summed E-state index contributed by atoms with van der Waals surface area (Å²) in [6.45, 7) is 3.37. The Balaban J connectivity index is 2.88. The maximum absolute atomic E-state index is 13.0. The molecule has 0 spiro atoms. The van der Waals surface area contributed by atoms with Crippen LogP contribution in [-0.4, -0.2) is 33.7 Å². The fraction of sp³-hybridized carbons (Fsp3) is 0.417. The molecule has 4 nitrogen and oxygen atoms in total. The van der Waals surface area contributed by atoms with Crippen molar-refractivity contribution >= 4 is 5.97 Å². The van der Waals surface area contributed by atoms with Gasteiger partial charge in [0.1, 0.15) is 17.1 Å². The van der Waals surface area contributed by atoms with Gasteiger partial charge < -0.3 is 10.2 Å². The van der Waals surface area contributed by atoms with Crippen LogP contribution in [0.3, 0.4) is 0 Å². The summed E-state index contributed by atoms with van der Waals surface area (Å²) in [6.07, 6.45) is 0. The molecule has 0 fully saturated rings. The fourth-order valence-electron chi connectivity index (χ4n) is 1.36. The summed E-state index contributed by atoms with van der Waals surface area (Å²) in [7, 11) is 1.63. The lowest BCUT2D eigenvalue weighted by atomic mass is 10.0. The predicted octanol–water partition coefficient (Wildman–Crippen LogP) is 1.83. The smallest absolute Gasteiger partial charge is 0.323 e. The van der Waals surface area contributed by atoms with E-state index in [9.17, 15) is 14.3 Å². The Hall–Kier alpha value is -1.62. The average Bonchev–Trinajstić information content (AvgIpc) is 2.15. The highest BCUT2D eigenvalue weighted by Gasteiger charge is 2.31. The second-order valence-corrected chi connectivity index (χ2v) is 4.54. The number of halogens is 1. The predicted molar refractivity (Wildman–Crippen MR) is 61.2 cm³/mol. The number of hydrogen-bond acceptors (Lipinski definition) is 3. The summed E-state index contributed by atoms with van der Waals surface area (Å²) in [5.41, 5.74) is -0.526. The lowest BCUT2D eigenvalue weighted by Crippen LogP contribution is -2.47. The molecule has 1 rings (SSSR count). The van der Waals surface area contributed by atoms with E-state index in [4.69, 9.17) is 5.11 Å². The van der Waals surface area contributed by atoms with Gasteiger partial charge in [-0.2, -0.15) is 0 Å². The molecule has 0 atom stereocenters. The molecule has 0 amide bonds. The van der Waals surface area contributed by atoms with Crippen molar-refractivity contribution in [1.29, 1.82) is 0 Å². The number of rotatable bonds is 4. The van der Waals surface area contributed by atoms with Crippen LogP contribution in [0.2, 0.25) is 0 Å². The van der Waals surface area contributed by atoms with Gasteiger partial charge in [-0.25, -0.2) is 4.39 Å². The number of phenolic OH excluding ortho intramolecular Hbond substituents is 1. The number of nitrogens with zero attached hydrogens (tertiary/aromatic N) is 1. The number of benzene rings is 1. The van der Waals surface area contributed by atoms with Gasteiger partial charge in [0.15, 0.2) is 0 Å². The van der Waals surface area contributed by atoms with Crippen LogP contribution in [0, 0.1) is 5.82 Å². The molecule has 2 N–H and O–H groups in total. The molecular formula is C12H16FNO3. The molecule has 0 unspecified atom stereocenters. The van der Waals surface area contributed by atoms with Crippen molar-refractivity contribution in [2.45, 2.75) is 25.9 Å². The van der Waals surface area contributed by atoms with Gasteiger partial charge in [0, 0.05) is 12.6 Å². The third kappa shape index (κ3) is 3.17. The molecule has 1 aromatic rings. The van der Waals surface area contributed by atoms with Crippen LogP contribution >= 0.6 is 0 Å². The van der Waals surface area contributed by atoms with Crippen LogP contribution in [0.15, 0.2) is 18.2 Å². The molecule has 0 radical (unpaired) electrons. The van der Waals surface area contributed by atoms with E-state index in [1.807, 2.05) is 0 Å². The maximum atomic E-state index is 13.0. The van der Waals surface area contributed by atoms with Crippen molar-refractivity contribution in [2.24, 2.45) is 0 Å². The molecule has 1 aromatic carbocycles. The van der Waals surface area contributed by atoms with Crippen LogP contribution in [0.25, 0.3) is 0 Å². The van der Waals surface area contributed by atoms with E-state index in [2.05, 4.69) is 0 Å². The summed E-state index contributed by atoms with van der Waals surface area (Å²) in [4.78, 5) is 12.6. The highest BCUT2D eigenvalue weighted by Crippen LogP contribution is 2.20. The molecule has 0 aromatic heterocycles. The molecule has 0 aliphatic carbocycles. The number of carboxylic acids is 1. The Morgan fingerprint density at radius 1 is 1.41 bits per heavy atom. The molecule has 0 saturated heterocycles. The van der Waals surface area contributed by atoms with Gasteiger partial charge in [-0.3, -0.25) is 9.69 Å². The SMILES string of the molecule is CN(Cc1cc(O)cc(F)c1)C(C)(C)C(=O)O. The third-order valence-electron chi connectivity index (χ3n) is 2.84. The zero-order chi connectivity index (χ0) is 13.2. The first-order chi connectivity index (χ1) is 7.73. The second kappa shape index (κ2) is 4.71. The fourth-order valence-corrected chi connectivity index (χ4v) is 1.36. The van der Waals surface area contributed by atoms with Gasteiger partial charge in [0.2, 0.25) is 0 Å². The summed E-state index contributed by atoms with van der Waals surface area (Å²) in [5, 5.41) is 18.3. The standard InChI is InChI=1S/C12H16FNO3/c1-12(2,11(16)17)14(3)7-8-4-9(13)6-10(15)5-8/h4-6,15H,7H2,1-3H3,(H,16,17). The minimum absolute atomic E-state index is 0.165. The van der Waals surface area contributed by atoms with Crippen molar-refractivity contribution in [2.75, 3.05) is 7.05 Å². The first-order valence-corrected chi connectivity index (χ1v) is 5.16. The van der Waals surface area contributed by atoms with Crippen molar-refractivity contribution < 1.29 is 19.4 Å². The summed E-state index contributed by atoms with van der Waals surface area (Å²) in [6, 6.07) is 3.69. The minimum atomic E-state index is -1.05. The lowest BCUT2D eigenvalue weighted by molar-refractivity contribution is -0.148. The van der Waals surface area contributed by atoms with E-state index in [-0.39, 0.29) is 12.3 Å². The number of phenols is 1. The highest BCUT2D eigenvalue weighted by molar-refractivity contribution is 5.77. The topological polar surface area (TPSA) is 60.8 Å². The van der Waals surface area contributed by atoms with Gasteiger partial charge in [-0.05, 0) is 38.6 Å². The first kappa shape index (κ1) is 13.4. The molecule has 0 heterocycles. The maximum Gasteiger partial charge on any atom is 0.323 e. The van der Waals surface area contributed by atoms with E-state index in [1.165, 1.54) is 12.1 Å². The molecule has 0 aliphatic heterocycles. The Bertz CT molecular complexity index is 412. The molecule has 5 heteroatoms. The number of carbonyl (C=O) groups is 1. The van der Waals surface area contributed by atoms with Gasteiger partial charge in [-0.15, -0.1) is 0 Å². The number of carboxylic acid groups (broad SMARTS) is 1. The second-order valence-electron chi connectivity index (χ2n) is 4.54.